The monoisotopic (exact) mass is 243 g/mol. The summed E-state index contributed by atoms with van der Waals surface area (Å²) in [6.07, 6.45) is 5.12. The van der Waals surface area contributed by atoms with Crippen molar-refractivity contribution in [3.05, 3.63) is 53.3 Å². The largest absolute Gasteiger partial charge is 0.488 e. The quantitative estimate of drug-likeness (QED) is 0.897. The fourth-order valence-corrected chi connectivity index (χ4v) is 2.48. The van der Waals surface area contributed by atoms with Crippen LogP contribution in [0.5, 0.6) is 5.75 Å². The van der Waals surface area contributed by atoms with Gasteiger partial charge in [0.2, 0.25) is 0 Å². The molecule has 1 aliphatic rings. The molecular weight excluding hydrogens is 226 g/mol. The number of aryl methyl sites for hydroxylation is 1. The Morgan fingerprint density at radius 3 is 3.06 bits per heavy atom. The minimum absolute atomic E-state index is 0.0952. The number of aliphatic hydroxyl groups is 1. The van der Waals surface area contributed by atoms with Gasteiger partial charge in [-0.25, -0.2) is 0 Å². The van der Waals surface area contributed by atoms with Crippen LogP contribution in [0.4, 0.5) is 0 Å². The summed E-state index contributed by atoms with van der Waals surface area (Å²) in [4.78, 5) is 0. The van der Waals surface area contributed by atoms with Gasteiger partial charge in [0.25, 0.3) is 0 Å². The average molecular weight is 243 g/mol. The van der Waals surface area contributed by atoms with Gasteiger partial charge in [-0.15, -0.1) is 0 Å². The Morgan fingerprint density at radius 1 is 1.39 bits per heavy atom. The third kappa shape index (κ3) is 2.14. The van der Waals surface area contributed by atoms with E-state index in [2.05, 4.69) is 29.7 Å². The summed E-state index contributed by atoms with van der Waals surface area (Å²) in [5.74, 6) is 1.01. The molecule has 0 amide bonds. The van der Waals surface area contributed by atoms with Gasteiger partial charge in [0.05, 0.1) is 13.2 Å². The summed E-state index contributed by atoms with van der Waals surface area (Å²) in [6, 6.07) is 8.27. The van der Waals surface area contributed by atoms with E-state index < -0.39 is 0 Å². The van der Waals surface area contributed by atoms with Gasteiger partial charge in [0.15, 0.2) is 0 Å². The molecule has 94 valence electrons. The molecule has 3 heteroatoms. The maximum atomic E-state index is 9.04. The highest BCUT2D eigenvalue weighted by molar-refractivity contribution is 5.40. The van der Waals surface area contributed by atoms with Crippen molar-refractivity contribution in [2.75, 3.05) is 0 Å². The molecule has 0 fully saturated rings. The molecule has 18 heavy (non-hydrogen) atoms. The number of aliphatic hydroxyl groups excluding tert-OH is 1. The summed E-state index contributed by atoms with van der Waals surface area (Å²) in [5, 5.41) is 9.04. The minimum atomic E-state index is 0.0952. The van der Waals surface area contributed by atoms with Crippen molar-refractivity contribution in [1.82, 2.24) is 4.57 Å². The van der Waals surface area contributed by atoms with Gasteiger partial charge in [0, 0.05) is 18.8 Å². The number of nitrogens with zero attached hydrogens (tertiary/aromatic N) is 1. The molecule has 0 saturated carbocycles. The van der Waals surface area contributed by atoms with E-state index in [1.54, 1.807) is 0 Å². The molecular formula is C15H17NO2. The second-order valence-corrected chi connectivity index (χ2v) is 4.93. The van der Waals surface area contributed by atoms with Crippen LogP contribution < -0.4 is 4.74 Å². The second-order valence-electron chi connectivity index (χ2n) is 4.93. The molecule has 2 aromatic rings. The highest BCUT2D eigenvalue weighted by atomic mass is 16.5. The van der Waals surface area contributed by atoms with E-state index in [1.165, 1.54) is 11.1 Å². The fraction of sp³-hybridized carbons (Fsp3) is 0.333. The van der Waals surface area contributed by atoms with Crippen LogP contribution in [-0.2, 0) is 19.6 Å². The molecule has 1 aromatic carbocycles. The molecule has 3 rings (SSSR count). The Hall–Kier alpha value is -1.74. The smallest absolute Gasteiger partial charge is 0.123 e. The summed E-state index contributed by atoms with van der Waals surface area (Å²) in [7, 11) is 0. The Bertz CT molecular complexity index is 559. The lowest BCUT2D eigenvalue weighted by atomic mass is 10.1. The van der Waals surface area contributed by atoms with Crippen LogP contribution in [0.1, 0.15) is 16.7 Å². The standard InChI is InChI=1S/C15H17NO2/c1-11-2-3-15-13(6-11)7-14(18-15)9-16-5-4-12(8-16)10-17/h2-6,8,14,17H,7,9-10H2,1H3. The first-order valence-electron chi connectivity index (χ1n) is 6.26. The molecule has 1 aliphatic heterocycles. The summed E-state index contributed by atoms with van der Waals surface area (Å²) in [5.41, 5.74) is 3.53. The normalized spacial score (nSPS) is 17.6. The van der Waals surface area contributed by atoms with Gasteiger partial charge in [0.1, 0.15) is 11.9 Å². The van der Waals surface area contributed by atoms with Gasteiger partial charge in [-0.05, 0) is 30.2 Å². The van der Waals surface area contributed by atoms with Crippen LogP contribution in [0.3, 0.4) is 0 Å². The third-order valence-corrected chi connectivity index (χ3v) is 3.37. The van der Waals surface area contributed by atoms with Crippen LogP contribution >= 0.6 is 0 Å². The predicted molar refractivity (Wildman–Crippen MR) is 69.7 cm³/mol. The van der Waals surface area contributed by atoms with E-state index >= 15 is 0 Å². The summed E-state index contributed by atoms with van der Waals surface area (Å²) in [6.45, 7) is 3.03. The first kappa shape index (κ1) is 11.4. The molecule has 0 bridgehead atoms. The highest BCUT2D eigenvalue weighted by Gasteiger charge is 2.22. The topological polar surface area (TPSA) is 34.4 Å². The van der Waals surface area contributed by atoms with E-state index in [-0.39, 0.29) is 12.7 Å². The van der Waals surface area contributed by atoms with E-state index in [0.29, 0.717) is 0 Å². The maximum absolute atomic E-state index is 9.04. The number of hydrogen-bond acceptors (Lipinski definition) is 2. The van der Waals surface area contributed by atoms with Crippen LogP contribution in [0.2, 0.25) is 0 Å². The van der Waals surface area contributed by atoms with Crippen molar-refractivity contribution in [2.45, 2.75) is 32.6 Å². The third-order valence-electron chi connectivity index (χ3n) is 3.37. The number of fused-ring (bicyclic) bond motifs is 1. The number of aromatic nitrogens is 1. The molecule has 1 N–H and O–H groups in total. The van der Waals surface area contributed by atoms with Crippen molar-refractivity contribution in [3.8, 4) is 5.75 Å². The van der Waals surface area contributed by atoms with Crippen molar-refractivity contribution in [3.63, 3.8) is 0 Å². The van der Waals surface area contributed by atoms with E-state index in [4.69, 9.17) is 9.84 Å². The Balaban J connectivity index is 1.70. The van der Waals surface area contributed by atoms with Crippen LogP contribution in [0.25, 0.3) is 0 Å². The van der Waals surface area contributed by atoms with E-state index in [0.717, 1.165) is 24.3 Å². The molecule has 0 aliphatic carbocycles. The molecule has 2 heterocycles. The Morgan fingerprint density at radius 2 is 2.28 bits per heavy atom. The van der Waals surface area contributed by atoms with E-state index in [9.17, 15) is 0 Å². The van der Waals surface area contributed by atoms with Gasteiger partial charge >= 0.3 is 0 Å². The zero-order valence-electron chi connectivity index (χ0n) is 10.5. The summed E-state index contributed by atoms with van der Waals surface area (Å²) >= 11 is 0. The lowest BCUT2D eigenvalue weighted by Gasteiger charge is -2.11. The number of hydrogen-bond donors (Lipinski definition) is 1. The second kappa shape index (κ2) is 4.50. The van der Waals surface area contributed by atoms with Gasteiger partial charge in [-0.1, -0.05) is 17.7 Å². The Labute approximate surface area is 107 Å². The van der Waals surface area contributed by atoms with Crippen LogP contribution in [-0.4, -0.2) is 15.8 Å². The zero-order chi connectivity index (χ0) is 12.5. The molecule has 0 saturated heterocycles. The molecule has 3 nitrogen and oxygen atoms in total. The van der Waals surface area contributed by atoms with Gasteiger partial charge in [-0.2, -0.15) is 0 Å². The van der Waals surface area contributed by atoms with Crippen molar-refractivity contribution >= 4 is 0 Å². The first-order valence-corrected chi connectivity index (χ1v) is 6.26. The minimum Gasteiger partial charge on any atom is -0.488 e. The van der Waals surface area contributed by atoms with Crippen molar-refractivity contribution < 1.29 is 9.84 Å². The van der Waals surface area contributed by atoms with Crippen LogP contribution in [0.15, 0.2) is 36.7 Å². The average Bonchev–Trinajstić information content (AvgIpc) is 2.95. The molecule has 0 radical (unpaired) electrons. The molecule has 1 aromatic heterocycles. The van der Waals surface area contributed by atoms with E-state index in [1.807, 2.05) is 18.5 Å². The predicted octanol–water partition coefficient (Wildman–Crippen LogP) is 2.29. The maximum Gasteiger partial charge on any atom is 0.123 e. The lowest BCUT2D eigenvalue weighted by Crippen LogP contribution is -2.19. The number of ether oxygens (including phenoxy) is 1. The zero-order valence-corrected chi connectivity index (χ0v) is 10.5. The highest BCUT2D eigenvalue weighted by Crippen LogP contribution is 2.30. The van der Waals surface area contributed by atoms with Crippen molar-refractivity contribution in [1.29, 1.82) is 0 Å². The Kier molecular flexibility index (Phi) is 2.84. The molecule has 0 spiro atoms. The lowest BCUT2D eigenvalue weighted by molar-refractivity contribution is 0.209. The van der Waals surface area contributed by atoms with Gasteiger partial charge in [-0.3, -0.25) is 0 Å². The molecule has 1 unspecified atom stereocenters. The number of rotatable bonds is 3. The summed E-state index contributed by atoms with van der Waals surface area (Å²) < 4.78 is 8.00. The number of benzene rings is 1. The molecule has 1 atom stereocenters. The van der Waals surface area contributed by atoms with Crippen molar-refractivity contribution in [2.24, 2.45) is 0 Å². The SMILES string of the molecule is Cc1ccc2c(c1)CC(Cn1ccc(CO)c1)O2. The van der Waals surface area contributed by atoms with Gasteiger partial charge < -0.3 is 14.4 Å². The first-order chi connectivity index (χ1) is 8.74. The van der Waals surface area contributed by atoms with Crippen LogP contribution in [0, 0.1) is 6.92 Å². The fourth-order valence-electron chi connectivity index (χ4n) is 2.48.